The molecule has 2 aliphatic rings. The van der Waals surface area contributed by atoms with Crippen molar-refractivity contribution in [2.45, 2.75) is 25.7 Å². The number of halogens is 1. The molecule has 42 heavy (non-hydrogen) atoms. The standard InChI is InChI=1S/C34H37FN2O4S/c1-39-30-23-31-28(22-29(30)35)32(33(38)24-6-10-26(11-7-24)40-20-18-36-14-2-3-15-36)34(42-31)25-8-12-27(13-9-25)41-21-19-37-16-4-5-17-37/h6-13,22-23H,2-5,14-21H2,1H3. The van der Waals surface area contributed by atoms with Gasteiger partial charge in [0.05, 0.1) is 7.11 Å². The van der Waals surface area contributed by atoms with Crippen molar-refractivity contribution in [3.63, 3.8) is 0 Å². The zero-order valence-corrected chi connectivity index (χ0v) is 24.9. The average molecular weight is 589 g/mol. The summed E-state index contributed by atoms with van der Waals surface area (Å²) in [6, 6.07) is 18.1. The number of likely N-dealkylation sites (tertiary alicyclic amines) is 2. The summed E-state index contributed by atoms with van der Waals surface area (Å²) in [6.45, 7) is 7.64. The minimum absolute atomic E-state index is 0.157. The van der Waals surface area contributed by atoms with Crippen molar-refractivity contribution in [2.24, 2.45) is 0 Å². The first-order valence-electron chi connectivity index (χ1n) is 14.8. The lowest BCUT2D eigenvalue weighted by molar-refractivity contribution is 0.104. The number of benzene rings is 3. The average Bonchev–Trinajstić information content (AvgIpc) is 3.79. The summed E-state index contributed by atoms with van der Waals surface area (Å²) < 4.78 is 32.8. The summed E-state index contributed by atoms with van der Waals surface area (Å²) in [5.41, 5.74) is 1.90. The Morgan fingerprint density at radius 1 is 0.810 bits per heavy atom. The van der Waals surface area contributed by atoms with E-state index in [0.717, 1.165) is 65.9 Å². The van der Waals surface area contributed by atoms with Gasteiger partial charge >= 0.3 is 0 Å². The molecule has 3 aromatic carbocycles. The highest BCUT2D eigenvalue weighted by atomic mass is 32.1. The number of methoxy groups -OCH3 is 1. The monoisotopic (exact) mass is 588 g/mol. The van der Waals surface area contributed by atoms with E-state index in [0.29, 0.717) is 29.7 Å². The fourth-order valence-electron chi connectivity index (χ4n) is 5.83. The van der Waals surface area contributed by atoms with Gasteiger partial charge in [-0.3, -0.25) is 14.6 Å². The highest BCUT2D eigenvalue weighted by Gasteiger charge is 2.24. The van der Waals surface area contributed by atoms with Gasteiger partial charge in [-0.2, -0.15) is 0 Å². The maximum absolute atomic E-state index is 14.9. The number of nitrogens with zero attached hydrogens (tertiary/aromatic N) is 2. The van der Waals surface area contributed by atoms with E-state index in [2.05, 4.69) is 9.80 Å². The summed E-state index contributed by atoms with van der Waals surface area (Å²) in [4.78, 5) is 19.6. The molecule has 2 aliphatic heterocycles. The molecule has 0 spiro atoms. The van der Waals surface area contributed by atoms with Gasteiger partial charge in [0.15, 0.2) is 17.3 Å². The van der Waals surface area contributed by atoms with Gasteiger partial charge in [0, 0.05) is 45.2 Å². The number of carbonyl (C=O) groups excluding carboxylic acids is 1. The lowest BCUT2D eigenvalue weighted by Crippen LogP contribution is -2.25. The topological polar surface area (TPSA) is 51.2 Å². The molecule has 0 N–H and O–H groups in total. The van der Waals surface area contributed by atoms with Gasteiger partial charge in [0.25, 0.3) is 0 Å². The largest absolute Gasteiger partial charge is 0.494 e. The van der Waals surface area contributed by atoms with Crippen LogP contribution >= 0.6 is 11.3 Å². The van der Waals surface area contributed by atoms with E-state index in [1.807, 2.05) is 36.4 Å². The van der Waals surface area contributed by atoms with Crippen LogP contribution in [0.3, 0.4) is 0 Å². The summed E-state index contributed by atoms with van der Waals surface area (Å²) in [5, 5.41) is 0.579. The first-order valence-corrected chi connectivity index (χ1v) is 15.7. The van der Waals surface area contributed by atoms with Gasteiger partial charge in [-0.1, -0.05) is 0 Å². The van der Waals surface area contributed by atoms with E-state index in [1.54, 1.807) is 18.2 Å². The van der Waals surface area contributed by atoms with Gasteiger partial charge < -0.3 is 14.2 Å². The predicted octanol–water partition coefficient (Wildman–Crippen LogP) is 6.90. The molecule has 0 unspecified atom stereocenters. The van der Waals surface area contributed by atoms with Crippen LogP contribution in [0.5, 0.6) is 17.2 Å². The molecular weight excluding hydrogens is 551 g/mol. The van der Waals surface area contributed by atoms with Crippen LogP contribution in [0, 0.1) is 5.82 Å². The van der Waals surface area contributed by atoms with Crippen LogP contribution in [0.2, 0.25) is 0 Å². The Bertz CT molecular complexity index is 1510. The SMILES string of the molecule is COc1cc2sc(-c3ccc(OCCN4CCCC4)cc3)c(C(=O)c3ccc(OCCN4CCCC4)cc3)c2cc1F. The summed E-state index contributed by atoms with van der Waals surface area (Å²) in [7, 11) is 1.45. The second-order valence-electron chi connectivity index (χ2n) is 11.0. The van der Waals surface area contributed by atoms with Crippen molar-refractivity contribution in [3.05, 3.63) is 77.6 Å². The Morgan fingerprint density at radius 2 is 1.36 bits per heavy atom. The van der Waals surface area contributed by atoms with Crippen molar-refractivity contribution >= 4 is 27.2 Å². The van der Waals surface area contributed by atoms with Gasteiger partial charge in [0.1, 0.15) is 24.7 Å². The third-order valence-electron chi connectivity index (χ3n) is 8.17. The number of rotatable bonds is 12. The van der Waals surface area contributed by atoms with Crippen LogP contribution in [-0.2, 0) is 0 Å². The van der Waals surface area contributed by atoms with E-state index in [-0.39, 0.29) is 11.5 Å². The normalized spacial score (nSPS) is 15.9. The van der Waals surface area contributed by atoms with Crippen molar-refractivity contribution in [2.75, 3.05) is 59.6 Å². The molecule has 1 aromatic heterocycles. The fourth-order valence-corrected chi connectivity index (χ4v) is 7.05. The smallest absolute Gasteiger partial charge is 0.195 e. The van der Waals surface area contributed by atoms with Crippen LogP contribution in [0.25, 0.3) is 20.5 Å². The Morgan fingerprint density at radius 3 is 1.90 bits per heavy atom. The molecule has 6 rings (SSSR count). The second kappa shape index (κ2) is 13.2. The van der Waals surface area contributed by atoms with Crippen molar-refractivity contribution in [1.82, 2.24) is 9.80 Å². The number of thiophene rings is 1. The minimum Gasteiger partial charge on any atom is -0.494 e. The van der Waals surface area contributed by atoms with Crippen LogP contribution in [0.4, 0.5) is 4.39 Å². The van der Waals surface area contributed by atoms with Gasteiger partial charge in [-0.25, -0.2) is 4.39 Å². The Balaban J connectivity index is 1.23. The van der Waals surface area contributed by atoms with Gasteiger partial charge in [0.2, 0.25) is 0 Å². The highest BCUT2D eigenvalue weighted by molar-refractivity contribution is 7.22. The van der Waals surface area contributed by atoms with Crippen molar-refractivity contribution in [3.8, 4) is 27.7 Å². The third-order valence-corrected chi connectivity index (χ3v) is 9.37. The van der Waals surface area contributed by atoms with Crippen LogP contribution < -0.4 is 14.2 Å². The molecule has 0 bridgehead atoms. The Hall–Kier alpha value is -3.46. The number of carbonyl (C=O) groups is 1. The quantitative estimate of drug-likeness (QED) is 0.168. The molecule has 0 amide bonds. The third kappa shape index (κ3) is 6.46. The zero-order valence-electron chi connectivity index (χ0n) is 24.1. The van der Waals surface area contributed by atoms with Gasteiger partial charge in [-0.15, -0.1) is 11.3 Å². The van der Waals surface area contributed by atoms with E-state index < -0.39 is 5.82 Å². The molecule has 0 radical (unpaired) electrons. The van der Waals surface area contributed by atoms with Crippen molar-refractivity contribution in [1.29, 1.82) is 0 Å². The first kappa shape index (κ1) is 28.6. The molecule has 0 saturated carbocycles. The van der Waals surface area contributed by atoms with Crippen molar-refractivity contribution < 1.29 is 23.4 Å². The minimum atomic E-state index is -0.494. The number of fused-ring (bicyclic) bond motifs is 1. The summed E-state index contributed by atoms with van der Waals surface area (Å²) in [6.07, 6.45) is 5.03. The van der Waals surface area contributed by atoms with E-state index in [4.69, 9.17) is 14.2 Å². The number of hydrogen-bond donors (Lipinski definition) is 0. The lowest BCUT2D eigenvalue weighted by atomic mass is 9.97. The second-order valence-corrected chi connectivity index (χ2v) is 12.0. The Labute approximate surface area is 250 Å². The molecule has 220 valence electrons. The fraction of sp³-hybridized carbons (Fsp3) is 0.382. The van der Waals surface area contributed by atoms with Crippen LogP contribution in [-0.4, -0.2) is 75.2 Å². The van der Waals surface area contributed by atoms with E-state index >= 15 is 0 Å². The summed E-state index contributed by atoms with van der Waals surface area (Å²) in [5.74, 6) is 1.03. The number of hydrogen-bond acceptors (Lipinski definition) is 7. The molecular formula is C34H37FN2O4S. The maximum atomic E-state index is 14.9. The first-order chi connectivity index (χ1) is 20.6. The van der Waals surface area contributed by atoms with Crippen LogP contribution in [0.1, 0.15) is 41.6 Å². The molecule has 6 nitrogen and oxygen atoms in total. The maximum Gasteiger partial charge on any atom is 0.195 e. The lowest BCUT2D eigenvalue weighted by Gasteiger charge is -2.15. The molecule has 0 aliphatic carbocycles. The molecule has 2 saturated heterocycles. The Kier molecular flexibility index (Phi) is 9.03. The molecule has 2 fully saturated rings. The molecule has 3 heterocycles. The summed E-state index contributed by atoms with van der Waals surface area (Å²) >= 11 is 1.46. The zero-order chi connectivity index (χ0) is 28.9. The van der Waals surface area contributed by atoms with E-state index in [1.165, 1.54) is 50.2 Å². The van der Waals surface area contributed by atoms with Gasteiger partial charge in [-0.05, 0) is 112 Å². The molecule has 4 aromatic rings. The molecule has 8 heteroatoms. The molecule has 0 atom stereocenters. The number of ether oxygens (including phenoxy) is 3. The van der Waals surface area contributed by atoms with Crippen LogP contribution in [0.15, 0.2) is 60.7 Å². The highest BCUT2D eigenvalue weighted by Crippen LogP contribution is 2.42. The number of ketones is 1. The predicted molar refractivity (Wildman–Crippen MR) is 166 cm³/mol. The van der Waals surface area contributed by atoms with E-state index in [9.17, 15) is 9.18 Å².